The monoisotopic (exact) mass is 732 g/mol. The number of ether oxygens (including phenoxy) is 1. The van der Waals surface area contributed by atoms with Gasteiger partial charge in [0, 0.05) is 29.2 Å². The number of aromatic nitrogens is 7. The van der Waals surface area contributed by atoms with Crippen molar-refractivity contribution in [2.45, 2.75) is 124 Å². The van der Waals surface area contributed by atoms with Crippen LogP contribution in [-0.4, -0.2) is 65.4 Å². The molecular formula is C37H52N10O4S. The Morgan fingerprint density at radius 2 is 2.02 bits per heavy atom. The number of rotatable bonds is 11. The van der Waals surface area contributed by atoms with E-state index in [-0.39, 0.29) is 5.92 Å². The van der Waals surface area contributed by atoms with Crippen molar-refractivity contribution >= 4 is 28.3 Å². The second-order valence-electron chi connectivity index (χ2n) is 15.2. The van der Waals surface area contributed by atoms with Crippen molar-refractivity contribution in [1.29, 1.82) is 5.26 Å². The van der Waals surface area contributed by atoms with Gasteiger partial charge >= 0.3 is 5.97 Å². The minimum absolute atomic E-state index is 0.0582. The van der Waals surface area contributed by atoms with Crippen molar-refractivity contribution < 1.29 is 19.2 Å². The van der Waals surface area contributed by atoms with Gasteiger partial charge in [0.2, 0.25) is 17.7 Å². The van der Waals surface area contributed by atoms with E-state index in [0.717, 1.165) is 68.4 Å². The fourth-order valence-electron chi connectivity index (χ4n) is 6.99. The molecule has 3 atom stereocenters. The van der Waals surface area contributed by atoms with Crippen molar-refractivity contribution in [3.05, 3.63) is 40.4 Å². The molecule has 14 nitrogen and oxygen atoms in total. The maximum atomic E-state index is 11.1. The molecule has 0 amide bonds. The predicted molar refractivity (Wildman–Crippen MR) is 199 cm³/mol. The number of anilines is 2. The number of nitrogens with zero attached hydrogens (tertiary/aromatic N) is 9. The molecule has 5 heterocycles. The molecule has 1 unspecified atom stereocenters. The van der Waals surface area contributed by atoms with Gasteiger partial charge in [-0.1, -0.05) is 62.9 Å². The molecule has 0 saturated carbocycles. The topological polar surface area (TPSA) is 195 Å². The second-order valence-corrected chi connectivity index (χ2v) is 16.4. The third-order valence-corrected chi connectivity index (χ3v) is 11.3. The maximum Gasteiger partial charge on any atom is 0.328 e. The van der Waals surface area contributed by atoms with Crippen LogP contribution in [0.3, 0.4) is 0 Å². The highest BCUT2D eigenvalue weighted by atomic mass is 32.1. The number of carboxylic acids is 1. The molecule has 1 aliphatic carbocycles. The largest absolute Gasteiger partial charge is 0.480 e. The standard InChI is InChI=1S/C25H31N7OS.C12H21N3O3/c1-15-7-10-24(2,3)11-13-32(15)23-28-12-8-17(29-23)21-30-22(33-31-21)25(4)9-5-6-18-19(25)16(14-26)20(27)34-18;1-4-5-6-7-18-10-8-15(14-13-10)11(9(2)3)12(16)17/h8,12,15H,5-7,9-11,13,27H2,1-4H3;8-9,11H,4-7H2,1-3H3,(H,16,17)/t15-,25-;/m0./s1. The first-order chi connectivity index (χ1) is 24.8. The number of nitrogen functional groups attached to an aromatic ring is 1. The number of nitrogens with two attached hydrogens (primary N) is 1. The Kier molecular flexibility index (Phi) is 12.2. The summed E-state index contributed by atoms with van der Waals surface area (Å²) in [6.45, 7) is 16.3. The SMILES string of the molecule is CCCCCOc1cn(C(C(=O)O)C(C)C)nn1.C[C@H]1CCC(C)(C)CCN1c1nccc(-c2noc([C@@]3(C)CCCc4sc(N)c(C#N)c43)n2)n1. The van der Waals surface area contributed by atoms with Gasteiger partial charge in [-0.25, -0.2) is 19.4 Å². The highest BCUT2D eigenvalue weighted by Crippen LogP contribution is 2.48. The molecule has 6 rings (SSSR count). The average Bonchev–Trinajstić information content (AvgIpc) is 3.84. The first-order valence-electron chi connectivity index (χ1n) is 18.3. The number of thiophene rings is 1. The molecule has 2 aliphatic rings. The lowest BCUT2D eigenvalue weighted by Crippen LogP contribution is -2.34. The second kappa shape index (κ2) is 16.4. The predicted octanol–water partition coefficient (Wildman–Crippen LogP) is 7.22. The van der Waals surface area contributed by atoms with Gasteiger partial charge in [0.05, 0.1) is 23.8 Å². The molecule has 0 radical (unpaired) electrons. The van der Waals surface area contributed by atoms with Crippen LogP contribution in [0.4, 0.5) is 10.9 Å². The van der Waals surface area contributed by atoms with Crippen LogP contribution in [0.1, 0.15) is 128 Å². The third kappa shape index (κ3) is 8.54. The summed E-state index contributed by atoms with van der Waals surface area (Å²) in [7, 11) is 0. The fourth-order valence-corrected chi connectivity index (χ4v) is 8.18. The van der Waals surface area contributed by atoms with E-state index >= 15 is 0 Å². The molecule has 52 heavy (non-hydrogen) atoms. The first kappa shape index (κ1) is 38.6. The van der Waals surface area contributed by atoms with Crippen molar-refractivity contribution in [3.8, 4) is 23.5 Å². The average molecular weight is 733 g/mol. The van der Waals surface area contributed by atoms with Gasteiger partial charge in [-0.3, -0.25) is 0 Å². The number of hydrogen-bond donors (Lipinski definition) is 2. The lowest BCUT2D eigenvalue weighted by molar-refractivity contribution is -0.142. The number of carbonyl (C=O) groups is 1. The molecular weight excluding hydrogens is 681 g/mol. The Morgan fingerprint density at radius 3 is 2.73 bits per heavy atom. The van der Waals surface area contributed by atoms with Crippen LogP contribution in [0.15, 0.2) is 23.0 Å². The zero-order valence-electron chi connectivity index (χ0n) is 31.4. The molecule has 15 heteroatoms. The summed E-state index contributed by atoms with van der Waals surface area (Å²) < 4.78 is 12.6. The highest BCUT2D eigenvalue weighted by molar-refractivity contribution is 7.16. The Bertz CT molecular complexity index is 1860. The molecule has 280 valence electrons. The lowest BCUT2D eigenvalue weighted by Gasteiger charge is -2.30. The number of fused-ring (bicyclic) bond motifs is 1. The summed E-state index contributed by atoms with van der Waals surface area (Å²) in [5, 5.41) is 31.4. The van der Waals surface area contributed by atoms with E-state index in [9.17, 15) is 10.1 Å². The van der Waals surface area contributed by atoms with Crippen molar-refractivity contribution in [2.75, 3.05) is 23.8 Å². The van der Waals surface area contributed by atoms with Gasteiger partial charge in [0.25, 0.3) is 5.88 Å². The number of nitriles is 1. The van der Waals surface area contributed by atoms with Gasteiger partial charge in [-0.15, -0.1) is 11.3 Å². The number of hydrogen-bond acceptors (Lipinski definition) is 13. The molecule has 1 saturated heterocycles. The molecule has 0 spiro atoms. The van der Waals surface area contributed by atoms with Crippen LogP contribution in [0.5, 0.6) is 5.88 Å². The van der Waals surface area contributed by atoms with Gasteiger partial charge < -0.3 is 25.0 Å². The van der Waals surface area contributed by atoms with Gasteiger partial charge in [-0.2, -0.15) is 10.2 Å². The normalized spacial score (nSPS) is 20.3. The van der Waals surface area contributed by atoms with Crippen LogP contribution in [0, 0.1) is 22.7 Å². The summed E-state index contributed by atoms with van der Waals surface area (Å²) in [5.41, 5.74) is 8.08. The number of unbranched alkanes of at least 4 members (excludes halogenated alkanes) is 2. The molecule has 3 N–H and O–H groups in total. The van der Waals surface area contributed by atoms with E-state index < -0.39 is 17.4 Å². The van der Waals surface area contributed by atoms with Crippen LogP contribution in [0.25, 0.3) is 11.5 Å². The minimum Gasteiger partial charge on any atom is -0.480 e. The van der Waals surface area contributed by atoms with E-state index in [1.54, 1.807) is 12.4 Å². The fraction of sp³-hybridized carbons (Fsp3) is 0.622. The zero-order valence-corrected chi connectivity index (χ0v) is 32.2. The van der Waals surface area contributed by atoms with Crippen LogP contribution < -0.4 is 15.4 Å². The lowest BCUT2D eigenvalue weighted by atomic mass is 9.72. The summed E-state index contributed by atoms with van der Waals surface area (Å²) in [4.78, 5) is 28.7. The molecule has 1 aliphatic heterocycles. The third-order valence-electron chi connectivity index (χ3n) is 10.2. The van der Waals surface area contributed by atoms with Crippen LogP contribution in [0.2, 0.25) is 0 Å². The first-order valence-corrected chi connectivity index (χ1v) is 19.1. The summed E-state index contributed by atoms with van der Waals surface area (Å²) in [6, 6.07) is 3.78. The van der Waals surface area contributed by atoms with Crippen molar-refractivity contribution in [1.82, 2.24) is 35.1 Å². The number of aryl methyl sites for hydroxylation is 1. The van der Waals surface area contributed by atoms with Crippen molar-refractivity contribution in [3.63, 3.8) is 0 Å². The van der Waals surface area contributed by atoms with Gasteiger partial charge in [0.1, 0.15) is 16.8 Å². The van der Waals surface area contributed by atoms with E-state index in [4.69, 9.17) is 30.1 Å². The molecule has 0 aromatic carbocycles. The molecule has 4 aromatic heterocycles. The van der Waals surface area contributed by atoms with Crippen LogP contribution in [-0.2, 0) is 16.6 Å². The summed E-state index contributed by atoms with van der Waals surface area (Å²) in [5.74, 6) is 1.07. The summed E-state index contributed by atoms with van der Waals surface area (Å²) >= 11 is 1.50. The Hall–Kier alpha value is -4.58. The smallest absolute Gasteiger partial charge is 0.328 e. The minimum atomic E-state index is -0.910. The Labute approximate surface area is 309 Å². The van der Waals surface area contributed by atoms with E-state index in [2.05, 4.69) is 66.0 Å². The van der Waals surface area contributed by atoms with Gasteiger partial charge in [0.15, 0.2) is 6.04 Å². The Balaban J connectivity index is 0.000000246. The van der Waals surface area contributed by atoms with E-state index in [1.807, 2.05) is 19.9 Å². The highest BCUT2D eigenvalue weighted by Gasteiger charge is 2.43. The number of carboxylic acid groups (broad SMARTS) is 1. The Morgan fingerprint density at radius 1 is 1.23 bits per heavy atom. The van der Waals surface area contributed by atoms with Gasteiger partial charge in [-0.05, 0) is 76.2 Å². The molecule has 4 aromatic rings. The molecule has 1 fully saturated rings. The van der Waals surface area contributed by atoms with E-state index in [1.165, 1.54) is 22.4 Å². The van der Waals surface area contributed by atoms with E-state index in [0.29, 0.717) is 57.9 Å². The summed E-state index contributed by atoms with van der Waals surface area (Å²) in [6.07, 6.45) is 12.6. The molecule has 0 bridgehead atoms. The maximum absolute atomic E-state index is 11.1. The zero-order chi connectivity index (χ0) is 37.6. The van der Waals surface area contributed by atoms with Crippen LogP contribution >= 0.6 is 11.3 Å². The quantitative estimate of drug-likeness (QED) is 0.147. The van der Waals surface area contributed by atoms with Crippen molar-refractivity contribution in [2.24, 2.45) is 11.3 Å². The number of aliphatic carboxylic acids is 1.